The third-order valence-corrected chi connectivity index (χ3v) is 2.52. The van der Waals surface area contributed by atoms with E-state index < -0.39 is 4.92 Å². The SMILES string of the molecule is CCCC(CC)NCc1ccc([N+](=O)[O-])o1. The van der Waals surface area contributed by atoms with E-state index in [1.165, 1.54) is 6.07 Å². The Morgan fingerprint density at radius 2 is 2.25 bits per heavy atom. The van der Waals surface area contributed by atoms with E-state index in [1.54, 1.807) is 6.07 Å². The maximum atomic E-state index is 10.4. The highest BCUT2D eigenvalue weighted by Gasteiger charge is 2.12. The maximum absolute atomic E-state index is 10.4. The second-order valence-corrected chi connectivity index (χ2v) is 3.77. The molecule has 0 aromatic carbocycles. The Kier molecular flexibility index (Phi) is 4.98. The normalized spacial score (nSPS) is 12.6. The first-order chi connectivity index (χ1) is 7.67. The highest BCUT2D eigenvalue weighted by atomic mass is 16.6. The number of nitrogens with one attached hydrogen (secondary N) is 1. The van der Waals surface area contributed by atoms with Gasteiger partial charge in [-0.05, 0) is 18.9 Å². The van der Waals surface area contributed by atoms with Gasteiger partial charge in [-0.25, -0.2) is 0 Å². The minimum absolute atomic E-state index is 0.194. The molecule has 0 aliphatic rings. The van der Waals surface area contributed by atoms with Crippen LogP contribution in [-0.2, 0) is 6.54 Å². The standard InChI is InChI=1S/C11H18N2O3/c1-3-5-9(4-2)12-8-10-6-7-11(16-10)13(14)15/h6-7,9,12H,3-5,8H2,1-2H3. The third kappa shape index (κ3) is 3.66. The van der Waals surface area contributed by atoms with E-state index in [1.807, 2.05) is 0 Å². The zero-order valence-electron chi connectivity index (χ0n) is 9.73. The number of hydrogen-bond acceptors (Lipinski definition) is 4. The molecule has 0 radical (unpaired) electrons. The first-order valence-corrected chi connectivity index (χ1v) is 5.63. The molecule has 0 aliphatic carbocycles. The molecule has 1 aromatic heterocycles. The Labute approximate surface area is 95.0 Å². The lowest BCUT2D eigenvalue weighted by Crippen LogP contribution is -2.27. The first-order valence-electron chi connectivity index (χ1n) is 5.63. The van der Waals surface area contributed by atoms with Gasteiger partial charge in [0.1, 0.15) is 10.7 Å². The summed E-state index contributed by atoms with van der Waals surface area (Å²) in [5.74, 6) is 0.418. The van der Waals surface area contributed by atoms with Crippen molar-refractivity contribution in [2.24, 2.45) is 0 Å². The van der Waals surface area contributed by atoms with E-state index in [-0.39, 0.29) is 5.88 Å². The van der Waals surface area contributed by atoms with Crippen molar-refractivity contribution in [3.63, 3.8) is 0 Å². The van der Waals surface area contributed by atoms with Crippen LogP contribution in [0.2, 0.25) is 0 Å². The van der Waals surface area contributed by atoms with E-state index in [0.717, 1.165) is 19.3 Å². The van der Waals surface area contributed by atoms with Gasteiger partial charge in [0.25, 0.3) is 0 Å². The molecule has 0 amide bonds. The van der Waals surface area contributed by atoms with Gasteiger partial charge in [-0.3, -0.25) is 10.1 Å². The van der Waals surface area contributed by atoms with Crippen molar-refractivity contribution in [1.82, 2.24) is 5.32 Å². The van der Waals surface area contributed by atoms with E-state index in [0.29, 0.717) is 18.3 Å². The molecule has 16 heavy (non-hydrogen) atoms. The first kappa shape index (κ1) is 12.7. The summed E-state index contributed by atoms with van der Waals surface area (Å²) < 4.78 is 5.06. The maximum Gasteiger partial charge on any atom is 0.433 e. The summed E-state index contributed by atoms with van der Waals surface area (Å²) >= 11 is 0. The molecule has 90 valence electrons. The molecule has 0 aliphatic heterocycles. The van der Waals surface area contributed by atoms with Crippen LogP contribution in [0.4, 0.5) is 5.88 Å². The van der Waals surface area contributed by atoms with Gasteiger partial charge in [-0.15, -0.1) is 0 Å². The Balaban J connectivity index is 2.44. The van der Waals surface area contributed by atoms with Crippen molar-refractivity contribution in [3.05, 3.63) is 28.0 Å². The lowest BCUT2D eigenvalue weighted by Gasteiger charge is -2.14. The summed E-state index contributed by atoms with van der Waals surface area (Å²) in [7, 11) is 0. The van der Waals surface area contributed by atoms with Gasteiger partial charge < -0.3 is 9.73 Å². The zero-order chi connectivity index (χ0) is 12.0. The predicted molar refractivity (Wildman–Crippen MR) is 61.2 cm³/mol. The van der Waals surface area contributed by atoms with Crippen LogP contribution in [0.15, 0.2) is 16.5 Å². The Morgan fingerprint density at radius 1 is 1.50 bits per heavy atom. The smallest absolute Gasteiger partial charge is 0.404 e. The number of nitrogens with zero attached hydrogens (tertiary/aromatic N) is 1. The predicted octanol–water partition coefficient (Wildman–Crippen LogP) is 2.86. The molecule has 0 bridgehead atoms. The van der Waals surface area contributed by atoms with Gasteiger partial charge in [0.15, 0.2) is 0 Å². The molecule has 1 heterocycles. The van der Waals surface area contributed by atoms with Crippen molar-refractivity contribution >= 4 is 5.88 Å². The van der Waals surface area contributed by atoms with Crippen LogP contribution in [0.3, 0.4) is 0 Å². The monoisotopic (exact) mass is 226 g/mol. The third-order valence-electron chi connectivity index (χ3n) is 2.52. The summed E-state index contributed by atoms with van der Waals surface area (Å²) in [6, 6.07) is 3.48. The average molecular weight is 226 g/mol. The lowest BCUT2D eigenvalue weighted by molar-refractivity contribution is -0.402. The van der Waals surface area contributed by atoms with E-state index in [9.17, 15) is 10.1 Å². The average Bonchev–Trinajstić information content (AvgIpc) is 2.73. The second-order valence-electron chi connectivity index (χ2n) is 3.77. The molecule has 1 rings (SSSR count). The number of furan rings is 1. The van der Waals surface area contributed by atoms with Crippen LogP contribution >= 0.6 is 0 Å². The minimum atomic E-state index is -0.521. The van der Waals surface area contributed by atoms with Crippen molar-refractivity contribution < 1.29 is 9.34 Å². The van der Waals surface area contributed by atoms with Crippen LogP contribution in [0.5, 0.6) is 0 Å². The van der Waals surface area contributed by atoms with Crippen molar-refractivity contribution in [1.29, 1.82) is 0 Å². The van der Waals surface area contributed by atoms with E-state index in [4.69, 9.17) is 4.42 Å². The number of rotatable bonds is 7. The molecule has 0 saturated carbocycles. The number of hydrogen-bond donors (Lipinski definition) is 1. The highest BCUT2D eigenvalue weighted by molar-refractivity contribution is 5.17. The second kappa shape index (κ2) is 6.27. The van der Waals surface area contributed by atoms with Gasteiger partial charge in [0, 0.05) is 6.04 Å². The molecule has 1 aromatic rings. The fourth-order valence-corrected chi connectivity index (χ4v) is 1.60. The molecule has 5 heteroatoms. The van der Waals surface area contributed by atoms with Gasteiger partial charge in [-0.1, -0.05) is 20.3 Å². The zero-order valence-corrected chi connectivity index (χ0v) is 9.73. The summed E-state index contributed by atoms with van der Waals surface area (Å²) in [6.45, 7) is 4.81. The fourth-order valence-electron chi connectivity index (χ4n) is 1.60. The highest BCUT2D eigenvalue weighted by Crippen LogP contribution is 2.15. The summed E-state index contributed by atoms with van der Waals surface area (Å²) in [5.41, 5.74) is 0. The molecule has 0 fully saturated rings. The van der Waals surface area contributed by atoms with Gasteiger partial charge >= 0.3 is 5.88 Å². The molecular formula is C11H18N2O3. The fraction of sp³-hybridized carbons (Fsp3) is 0.636. The summed E-state index contributed by atoms with van der Waals surface area (Å²) in [4.78, 5) is 9.88. The van der Waals surface area contributed by atoms with Crippen molar-refractivity contribution in [2.75, 3.05) is 0 Å². The van der Waals surface area contributed by atoms with Crippen LogP contribution in [0.1, 0.15) is 38.9 Å². The summed E-state index contributed by atoms with van der Waals surface area (Å²) in [6.07, 6.45) is 3.29. The van der Waals surface area contributed by atoms with E-state index >= 15 is 0 Å². The molecule has 1 N–H and O–H groups in total. The van der Waals surface area contributed by atoms with Crippen molar-refractivity contribution in [2.45, 2.75) is 45.7 Å². The largest absolute Gasteiger partial charge is 0.433 e. The topological polar surface area (TPSA) is 68.3 Å². The summed E-state index contributed by atoms with van der Waals surface area (Å²) in [5, 5.41) is 13.7. The van der Waals surface area contributed by atoms with Crippen LogP contribution in [0.25, 0.3) is 0 Å². The molecule has 0 spiro atoms. The van der Waals surface area contributed by atoms with Crippen LogP contribution < -0.4 is 5.32 Å². The van der Waals surface area contributed by atoms with Gasteiger partial charge in [-0.2, -0.15) is 0 Å². The lowest BCUT2D eigenvalue weighted by atomic mass is 10.1. The number of nitro groups is 1. The molecule has 0 saturated heterocycles. The quantitative estimate of drug-likeness (QED) is 0.573. The minimum Gasteiger partial charge on any atom is -0.404 e. The van der Waals surface area contributed by atoms with Gasteiger partial charge in [0.2, 0.25) is 0 Å². The Bertz CT molecular complexity index is 336. The Morgan fingerprint density at radius 3 is 2.75 bits per heavy atom. The van der Waals surface area contributed by atoms with E-state index in [2.05, 4.69) is 19.2 Å². The van der Waals surface area contributed by atoms with Gasteiger partial charge in [0.05, 0.1) is 12.6 Å². The molecule has 5 nitrogen and oxygen atoms in total. The molecular weight excluding hydrogens is 208 g/mol. The van der Waals surface area contributed by atoms with Crippen LogP contribution in [-0.4, -0.2) is 11.0 Å². The van der Waals surface area contributed by atoms with Crippen molar-refractivity contribution in [3.8, 4) is 0 Å². The molecule has 1 unspecified atom stereocenters. The van der Waals surface area contributed by atoms with Crippen LogP contribution in [0, 0.1) is 10.1 Å². The Hall–Kier alpha value is -1.36. The molecule has 1 atom stereocenters.